The highest BCUT2D eigenvalue weighted by atomic mass is 32.2. The number of nitrogens with zero attached hydrogens (tertiary/aromatic N) is 3. The summed E-state index contributed by atoms with van der Waals surface area (Å²) in [6.45, 7) is 5.86. The normalized spacial score (nSPS) is 17.8. The lowest BCUT2D eigenvalue weighted by Crippen LogP contribution is -2.48. The molecule has 0 bridgehead atoms. The smallest absolute Gasteiger partial charge is 0.277 e. The topological polar surface area (TPSA) is 98.4 Å². The Hall–Kier alpha value is -1.82. The van der Waals surface area contributed by atoms with Gasteiger partial charge in [0, 0.05) is 23.9 Å². The van der Waals surface area contributed by atoms with Gasteiger partial charge in [-0.05, 0) is 33.3 Å². The molecule has 158 valence electrons. The molecule has 0 spiro atoms. The van der Waals surface area contributed by atoms with Crippen LogP contribution in [0.3, 0.4) is 0 Å². The number of ether oxygens (including phenoxy) is 1. The van der Waals surface area contributed by atoms with Gasteiger partial charge in [-0.15, -0.1) is 0 Å². The highest BCUT2D eigenvalue weighted by Crippen LogP contribution is 2.36. The van der Waals surface area contributed by atoms with Crippen LogP contribution < -0.4 is 9.88 Å². The van der Waals surface area contributed by atoms with Crippen molar-refractivity contribution >= 4 is 22.0 Å². The molecule has 11 heteroatoms. The number of hydrogen-bond acceptors (Lipinski definition) is 6. The molecule has 0 saturated carbocycles. The first-order chi connectivity index (χ1) is 13.4. The Kier molecular flexibility index (Phi) is 6.13. The molecule has 0 aliphatic carbocycles. The van der Waals surface area contributed by atoms with E-state index < -0.39 is 33.5 Å². The highest BCUT2D eigenvalue weighted by molar-refractivity contribution is 7.98. The number of aromatic nitrogens is 2. The third-order valence-electron chi connectivity index (χ3n) is 4.14. The second-order valence-electron chi connectivity index (χ2n) is 7.59. The number of halogens is 2. The van der Waals surface area contributed by atoms with E-state index in [0.29, 0.717) is 18.7 Å². The van der Waals surface area contributed by atoms with E-state index in [4.69, 9.17) is 9.88 Å². The molecule has 2 N–H and O–H groups in total. The molecule has 2 heterocycles. The third kappa shape index (κ3) is 5.41. The van der Waals surface area contributed by atoms with Gasteiger partial charge in [-0.2, -0.15) is 17.7 Å². The van der Waals surface area contributed by atoms with Crippen molar-refractivity contribution in [2.24, 2.45) is 5.14 Å². The summed E-state index contributed by atoms with van der Waals surface area (Å²) >= 11 is 1.10. The van der Waals surface area contributed by atoms with E-state index in [2.05, 4.69) is 9.97 Å². The lowest BCUT2D eigenvalue weighted by Gasteiger charge is -2.37. The first-order valence-electron chi connectivity index (χ1n) is 8.87. The first-order valence-corrected chi connectivity index (χ1v) is 11.4. The molecule has 1 saturated heterocycles. The molecular weight excluding hydrogens is 422 g/mol. The van der Waals surface area contributed by atoms with Gasteiger partial charge in [-0.25, -0.2) is 18.9 Å². The third-order valence-corrected chi connectivity index (χ3v) is 6.13. The molecule has 2 aromatic rings. The molecule has 29 heavy (non-hydrogen) atoms. The number of rotatable bonds is 6. The number of hydrogen-bond donors (Lipinski definition) is 1. The molecular formula is C18H22F2N4O3S2. The monoisotopic (exact) mass is 444 g/mol. The van der Waals surface area contributed by atoms with Gasteiger partial charge >= 0.3 is 0 Å². The van der Waals surface area contributed by atoms with Crippen molar-refractivity contribution in [1.29, 1.82) is 0 Å². The van der Waals surface area contributed by atoms with E-state index in [1.165, 1.54) is 12.1 Å². The van der Waals surface area contributed by atoms with E-state index in [-0.39, 0.29) is 22.4 Å². The van der Waals surface area contributed by atoms with Gasteiger partial charge in [-0.1, -0.05) is 23.9 Å². The average molecular weight is 445 g/mol. The van der Waals surface area contributed by atoms with Crippen LogP contribution in [0.25, 0.3) is 0 Å². The Morgan fingerprint density at radius 2 is 2.03 bits per heavy atom. The second kappa shape index (κ2) is 8.13. The van der Waals surface area contributed by atoms with Crippen molar-refractivity contribution in [3.63, 3.8) is 0 Å². The molecule has 1 aromatic heterocycles. The fourth-order valence-electron chi connectivity index (χ4n) is 2.79. The van der Waals surface area contributed by atoms with Crippen LogP contribution in [0.5, 0.6) is 5.88 Å². The van der Waals surface area contributed by atoms with E-state index >= 15 is 0 Å². The molecule has 3 rings (SSSR count). The predicted molar refractivity (Wildman–Crippen MR) is 106 cm³/mol. The summed E-state index contributed by atoms with van der Waals surface area (Å²) in [4.78, 5) is 8.74. The van der Waals surface area contributed by atoms with Crippen LogP contribution >= 0.6 is 11.8 Å². The van der Waals surface area contributed by atoms with Crippen molar-refractivity contribution in [2.75, 3.05) is 6.54 Å². The standard InChI is InChI=1S/C18H22F2N4O3S2/c1-18(2,3)27-15-9-13(14-7-8-24(14)29(21,25)26)22-17(23-15)28-10-11-5-4-6-12(19)16(11)20/h4-6,9,14H,7-8,10H2,1-3H3,(H2,21,25,26). The summed E-state index contributed by atoms with van der Waals surface area (Å²) in [6, 6.07) is 5.03. The summed E-state index contributed by atoms with van der Waals surface area (Å²) in [6.07, 6.45) is 0.561. The van der Waals surface area contributed by atoms with Gasteiger partial charge in [0.05, 0.1) is 11.7 Å². The summed E-state index contributed by atoms with van der Waals surface area (Å²) in [5.41, 5.74) is 0.0837. The maximum atomic E-state index is 13.9. The van der Waals surface area contributed by atoms with Gasteiger partial charge in [0.1, 0.15) is 5.60 Å². The maximum absolute atomic E-state index is 13.9. The van der Waals surface area contributed by atoms with Gasteiger partial charge in [0.2, 0.25) is 5.88 Å². The summed E-state index contributed by atoms with van der Waals surface area (Å²) in [5.74, 6) is -1.47. The Bertz CT molecular complexity index is 1010. The van der Waals surface area contributed by atoms with Crippen LogP contribution in [-0.2, 0) is 16.0 Å². The highest BCUT2D eigenvalue weighted by Gasteiger charge is 2.38. The van der Waals surface area contributed by atoms with Crippen LogP contribution in [0, 0.1) is 11.6 Å². The quantitative estimate of drug-likeness (QED) is 0.543. The van der Waals surface area contributed by atoms with Crippen molar-refractivity contribution < 1.29 is 21.9 Å². The maximum Gasteiger partial charge on any atom is 0.277 e. The summed E-state index contributed by atoms with van der Waals surface area (Å²) in [7, 11) is -3.86. The fourth-order valence-corrected chi connectivity index (χ4v) is 4.55. The number of nitrogens with two attached hydrogens (primary N) is 1. The largest absolute Gasteiger partial charge is 0.472 e. The Labute approximate surface area is 172 Å². The molecule has 1 aromatic carbocycles. The molecule has 1 fully saturated rings. The Balaban J connectivity index is 1.89. The summed E-state index contributed by atoms with van der Waals surface area (Å²) < 4.78 is 57.8. The van der Waals surface area contributed by atoms with Crippen LogP contribution in [0.2, 0.25) is 0 Å². The van der Waals surface area contributed by atoms with Crippen molar-refractivity contribution in [1.82, 2.24) is 14.3 Å². The van der Waals surface area contributed by atoms with E-state index in [1.54, 1.807) is 6.07 Å². The van der Waals surface area contributed by atoms with Gasteiger partial charge in [-0.3, -0.25) is 0 Å². The molecule has 1 aliphatic rings. The lowest BCUT2D eigenvalue weighted by molar-refractivity contribution is 0.121. The molecule has 1 unspecified atom stereocenters. The second-order valence-corrected chi connectivity index (χ2v) is 10.0. The SMILES string of the molecule is CC(C)(C)Oc1cc(C2CCN2S(N)(=O)=O)nc(SCc2cccc(F)c2F)n1. The predicted octanol–water partition coefficient (Wildman–Crippen LogP) is 3.17. The minimum Gasteiger partial charge on any atom is -0.472 e. The number of benzene rings is 1. The molecule has 1 atom stereocenters. The first kappa shape index (κ1) is 21.9. The zero-order valence-corrected chi connectivity index (χ0v) is 17.9. The Morgan fingerprint density at radius 3 is 2.62 bits per heavy atom. The number of thioether (sulfide) groups is 1. The molecule has 7 nitrogen and oxygen atoms in total. The summed E-state index contributed by atoms with van der Waals surface area (Å²) in [5, 5.41) is 5.52. The van der Waals surface area contributed by atoms with E-state index in [1.807, 2.05) is 20.8 Å². The minimum atomic E-state index is -3.86. The van der Waals surface area contributed by atoms with Crippen molar-refractivity contribution in [3.8, 4) is 5.88 Å². The van der Waals surface area contributed by atoms with Crippen molar-refractivity contribution in [3.05, 3.63) is 47.2 Å². The molecule has 0 radical (unpaired) electrons. The van der Waals surface area contributed by atoms with E-state index in [0.717, 1.165) is 22.1 Å². The zero-order chi connectivity index (χ0) is 21.4. The van der Waals surface area contributed by atoms with E-state index in [9.17, 15) is 17.2 Å². The van der Waals surface area contributed by atoms with Crippen LogP contribution in [0.4, 0.5) is 8.78 Å². The minimum absolute atomic E-state index is 0.103. The van der Waals surface area contributed by atoms with Gasteiger partial charge in [0.25, 0.3) is 10.2 Å². The van der Waals surface area contributed by atoms with Gasteiger partial charge in [0.15, 0.2) is 16.8 Å². The van der Waals surface area contributed by atoms with Crippen molar-refractivity contribution in [2.45, 2.75) is 49.7 Å². The molecule has 1 aliphatic heterocycles. The van der Waals surface area contributed by atoms with Crippen LogP contribution in [-0.4, -0.2) is 34.8 Å². The lowest BCUT2D eigenvalue weighted by atomic mass is 10.0. The fraction of sp³-hybridized carbons (Fsp3) is 0.444. The van der Waals surface area contributed by atoms with Gasteiger partial charge < -0.3 is 4.74 Å². The average Bonchev–Trinajstić information content (AvgIpc) is 2.52. The van der Waals surface area contributed by atoms with Crippen LogP contribution in [0.15, 0.2) is 29.4 Å². The molecule has 0 amide bonds. The Morgan fingerprint density at radius 1 is 1.31 bits per heavy atom. The van der Waals surface area contributed by atoms with Crippen LogP contribution in [0.1, 0.15) is 44.5 Å². The zero-order valence-electron chi connectivity index (χ0n) is 16.2.